The highest BCUT2D eigenvalue weighted by molar-refractivity contribution is 5.87. The van der Waals surface area contributed by atoms with Crippen LogP contribution < -0.4 is 5.32 Å². The Balaban J connectivity index is 2.03. The first-order valence-corrected chi connectivity index (χ1v) is 7.04. The number of carbonyl (C=O) groups is 3. The van der Waals surface area contributed by atoms with E-state index in [2.05, 4.69) is 5.32 Å². The number of amides is 3. The molecule has 0 aromatic heterocycles. The van der Waals surface area contributed by atoms with Gasteiger partial charge in [0, 0.05) is 26.7 Å². The highest BCUT2D eigenvalue weighted by Gasteiger charge is 2.37. The Morgan fingerprint density at radius 2 is 1.90 bits per heavy atom. The summed E-state index contributed by atoms with van der Waals surface area (Å²) < 4.78 is 0. The molecule has 2 aliphatic heterocycles. The molecule has 2 saturated heterocycles. The predicted octanol–water partition coefficient (Wildman–Crippen LogP) is 0.113. The predicted molar refractivity (Wildman–Crippen MR) is 71.1 cm³/mol. The average molecular weight is 283 g/mol. The van der Waals surface area contributed by atoms with Gasteiger partial charge in [0.1, 0.15) is 6.04 Å². The highest BCUT2D eigenvalue weighted by Crippen LogP contribution is 2.23. The van der Waals surface area contributed by atoms with Gasteiger partial charge in [-0.1, -0.05) is 0 Å². The second-order valence-corrected chi connectivity index (χ2v) is 5.37. The van der Waals surface area contributed by atoms with Crippen LogP contribution in [0.5, 0.6) is 0 Å². The number of rotatable bonds is 2. The number of likely N-dealkylation sites (tertiary alicyclic amines) is 2. The molecule has 0 saturated carbocycles. The second-order valence-electron chi connectivity index (χ2n) is 5.37. The summed E-state index contributed by atoms with van der Waals surface area (Å²) in [5.74, 6) is -1.49. The third kappa shape index (κ3) is 2.86. The zero-order valence-corrected chi connectivity index (χ0v) is 11.7. The number of nitrogens with one attached hydrogen (secondary N) is 1. The van der Waals surface area contributed by atoms with Crippen molar-refractivity contribution < 1.29 is 19.5 Å². The molecule has 2 N–H and O–H groups in total. The minimum Gasteiger partial charge on any atom is -0.481 e. The van der Waals surface area contributed by atoms with E-state index in [1.54, 1.807) is 16.8 Å². The fraction of sp³-hybridized carbons (Fsp3) is 0.769. The largest absolute Gasteiger partial charge is 0.481 e. The van der Waals surface area contributed by atoms with Crippen LogP contribution in [0.25, 0.3) is 0 Å². The number of hydrogen-bond donors (Lipinski definition) is 2. The van der Waals surface area contributed by atoms with Crippen LogP contribution in [-0.2, 0) is 9.59 Å². The highest BCUT2D eigenvalue weighted by atomic mass is 16.4. The number of piperidine rings is 1. The molecular weight excluding hydrogens is 262 g/mol. The van der Waals surface area contributed by atoms with Gasteiger partial charge in [-0.2, -0.15) is 0 Å². The molecule has 0 spiro atoms. The molecule has 20 heavy (non-hydrogen) atoms. The molecule has 7 heteroatoms. The summed E-state index contributed by atoms with van der Waals surface area (Å²) in [5, 5.41) is 11.6. The standard InChI is InChI=1S/C13H21N3O4/c1-14-11(17)10-4-2-3-6-16(10)13(20)15-7-5-9(8-15)12(18)19/h9-10H,2-8H2,1H3,(H,14,17)(H,18,19). The maximum atomic E-state index is 12.5. The van der Waals surface area contributed by atoms with Gasteiger partial charge in [-0.25, -0.2) is 4.79 Å². The van der Waals surface area contributed by atoms with Gasteiger partial charge < -0.3 is 20.2 Å². The second kappa shape index (κ2) is 6.11. The lowest BCUT2D eigenvalue weighted by Crippen LogP contribution is -2.55. The number of carbonyl (C=O) groups excluding carboxylic acids is 2. The van der Waals surface area contributed by atoms with E-state index in [9.17, 15) is 14.4 Å². The lowest BCUT2D eigenvalue weighted by Gasteiger charge is -2.36. The Bertz CT molecular complexity index is 412. The van der Waals surface area contributed by atoms with Crippen LogP contribution in [0.15, 0.2) is 0 Å². The minimum atomic E-state index is -0.859. The Morgan fingerprint density at radius 3 is 2.50 bits per heavy atom. The van der Waals surface area contributed by atoms with Crippen molar-refractivity contribution in [2.45, 2.75) is 31.7 Å². The van der Waals surface area contributed by atoms with Crippen LogP contribution in [0.3, 0.4) is 0 Å². The Kier molecular flexibility index (Phi) is 4.46. The van der Waals surface area contributed by atoms with E-state index in [4.69, 9.17) is 5.11 Å². The van der Waals surface area contributed by atoms with E-state index in [1.807, 2.05) is 0 Å². The number of aliphatic carboxylic acids is 1. The van der Waals surface area contributed by atoms with Crippen LogP contribution in [0.1, 0.15) is 25.7 Å². The van der Waals surface area contributed by atoms with Gasteiger partial charge in [0.2, 0.25) is 5.91 Å². The molecule has 2 heterocycles. The van der Waals surface area contributed by atoms with Gasteiger partial charge in [-0.3, -0.25) is 9.59 Å². The molecule has 0 aromatic rings. The molecule has 2 unspecified atom stereocenters. The zero-order chi connectivity index (χ0) is 14.7. The van der Waals surface area contributed by atoms with Gasteiger partial charge in [0.25, 0.3) is 0 Å². The maximum absolute atomic E-state index is 12.5. The van der Waals surface area contributed by atoms with Gasteiger partial charge in [0.05, 0.1) is 5.92 Å². The van der Waals surface area contributed by atoms with Crippen molar-refractivity contribution >= 4 is 17.9 Å². The first kappa shape index (κ1) is 14.6. The molecule has 0 aromatic carbocycles. The van der Waals surface area contributed by atoms with Crippen LogP contribution in [0.2, 0.25) is 0 Å². The smallest absolute Gasteiger partial charge is 0.320 e. The van der Waals surface area contributed by atoms with Crippen molar-refractivity contribution in [1.82, 2.24) is 15.1 Å². The maximum Gasteiger partial charge on any atom is 0.320 e. The minimum absolute atomic E-state index is 0.146. The fourth-order valence-electron chi connectivity index (χ4n) is 2.92. The van der Waals surface area contributed by atoms with Crippen LogP contribution in [0, 0.1) is 5.92 Å². The van der Waals surface area contributed by atoms with Gasteiger partial charge in [-0.15, -0.1) is 0 Å². The summed E-state index contributed by atoms with van der Waals surface area (Å²) in [6.07, 6.45) is 2.97. The zero-order valence-electron chi connectivity index (χ0n) is 11.7. The van der Waals surface area contributed by atoms with E-state index in [1.165, 1.54) is 0 Å². The van der Waals surface area contributed by atoms with Gasteiger partial charge in [-0.05, 0) is 25.7 Å². The SMILES string of the molecule is CNC(=O)C1CCCCN1C(=O)N1CCC(C(=O)O)C1. The molecule has 3 amide bonds. The number of carboxylic acid groups (broad SMARTS) is 1. The molecule has 2 aliphatic rings. The number of likely N-dealkylation sites (N-methyl/N-ethyl adjacent to an activating group) is 1. The van der Waals surface area contributed by atoms with Crippen LogP contribution in [0.4, 0.5) is 4.79 Å². The Morgan fingerprint density at radius 1 is 1.15 bits per heavy atom. The third-order valence-electron chi connectivity index (χ3n) is 4.11. The molecule has 2 atom stereocenters. The van der Waals surface area contributed by atoms with Crippen molar-refractivity contribution in [2.75, 3.05) is 26.7 Å². The van der Waals surface area contributed by atoms with Crippen LogP contribution in [-0.4, -0.2) is 65.5 Å². The molecule has 0 bridgehead atoms. The quantitative estimate of drug-likeness (QED) is 0.753. The average Bonchev–Trinajstić information content (AvgIpc) is 2.95. The summed E-state index contributed by atoms with van der Waals surface area (Å²) in [5.41, 5.74) is 0. The number of nitrogens with zero attached hydrogens (tertiary/aromatic N) is 2. The first-order valence-electron chi connectivity index (χ1n) is 7.04. The molecule has 0 radical (unpaired) electrons. The van der Waals surface area contributed by atoms with Crippen molar-refractivity contribution in [3.8, 4) is 0 Å². The Labute approximate surface area is 117 Å². The molecule has 112 valence electrons. The van der Waals surface area contributed by atoms with E-state index in [0.717, 1.165) is 12.8 Å². The number of carboxylic acids is 1. The molecule has 2 fully saturated rings. The van der Waals surface area contributed by atoms with E-state index >= 15 is 0 Å². The van der Waals surface area contributed by atoms with Crippen molar-refractivity contribution in [3.63, 3.8) is 0 Å². The van der Waals surface area contributed by atoms with Gasteiger partial charge >= 0.3 is 12.0 Å². The molecular formula is C13H21N3O4. The van der Waals surface area contributed by atoms with E-state index in [0.29, 0.717) is 25.9 Å². The van der Waals surface area contributed by atoms with E-state index in [-0.39, 0.29) is 18.5 Å². The van der Waals surface area contributed by atoms with Crippen molar-refractivity contribution in [3.05, 3.63) is 0 Å². The third-order valence-corrected chi connectivity index (χ3v) is 4.11. The first-order chi connectivity index (χ1) is 9.54. The van der Waals surface area contributed by atoms with Gasteiger partial charge in [0.15, 0.2) is 0 Å². The van der Waals surface area contributed by atoms with Crippen molar-refractivity contribution in [2.24, 2.45) is 5.92 Å². The molecule has 0 aliphatic carbocycles. The molecule has 2 rings (SSSR count). The number of hydrogen-bond acceptors (Lipinski definition) is 3. The lowest BCUT2D eigenvalue weighted by atomic mass is 10.0. The topological polar surface area (TPSA) is 90.0 Å². The summed E-state index contributed by atoms with van der Waals surface area (Å²) >= 11 is 0. The summed E-state index contributed by atoms with van der Waals surface area (Å²) in [6, 6.07) is -0.632. The molecule has 7 nitrogen and oxygen atoms in total. The monoisotopic (exact) mass is 283 g/mol. The normalized spacial score (nSPS) is 26.4. The number of urea groups is 1. The Hall–Kier alpha value is -1.79. The van der Waals surface area contributed by atoms with E-state index < -0.39 is 17.9 Å². The van der Waals surface area contributed by atoms with Crippen LogP contribution >= 0.6 is 0 Å². The summed E-state index contributed by atoms with van der Waals surface area (Å²) in [6.45, 7) is 1.25. The summed E-state index contributed by atoms with van der Waals surface area (Å²) in [4.78, 5) is 38.4. The lowest BCUT2D eigenvalue weighted by molar-refractivity contribution is -0.141. The fourth-order valence-corrected chi connectivity index (χ4v) is 2.92. The summed E-state index contributed by atoms with van der Waals surface area (Å²) in [7, 11) is 1.57. The van der Waals surface area contributed by atoms with Crippen molar-refractivity contribution in [1.29, 1.82) is 0 Å².